The summed E-state index contributed by atoms with van der Waals surface area (Å²) < 4.78 is 11.4. The van der Waals surface area contributed by atoms with Crippen molar-refractivity contribution < 1.29 is 23.9 Å². The van der Waals surface area contributed by atoms with E-state index in [9.17, 15) is 14.4 Å². The van der Waals surface area contributed by atoms with Gasteiger partial charge in [-0.25, -0.2) is 0 Å². The van der Waals surface area contributed by atoms with E-state index in [1.807, 2.05) is 24.3 Å². The maximum absolute atomic E-state index is 13.5. The number of hydrogen-bond donors (Lipinski definition) is 2. The number of fused-ring (bicyclic) bond motifs is 2. The molecule has 1 saturated carbocycles. The van der Waals surface area contributed by atoms with Crippen LogP contribution in [0.15, 0.2) is 24.3 Å². The number of carbonyl (C=O) groups excluding carboxylic acids is 3. The molecule has 0 radical (unpaired) electrons. The Morgan fingerprint density at radius 2 is 1.95 bits per heavy atom. The molecule has 2 bridgehead atoms. The highest BCUT2D eigenvalue weighted by molar-refractivity contribution is 5.91. The number of morpholine rings is 1. The highest BCUT2D eigenvalue weighted by Gasteiger charge is 2.38. The molecule has 2 N–H and O–H groups in total. The zero-order valence-electron chi connectivity index (χ0n) is 22.3. The molecule has 1 aromatic carbocycles. The second kappa shape index (κ2) is 13.4. The Labute approximate surface area is 220 Å². The first-order valence-electron chi connectivity index (χ1n) is 14.0. The summed E-state index contributed by atoms with van der Waals surface area (Å²) in [6, 6.07) is 7.29. The van der Waals surface area contributed by atoms with Gasteiger partial charge in [0.2, 0.25) is 11.8 Å². The molecule has 4 rings (SSSR count). The largest absolute Gasteiger partial charge is 0.494 e. The van der Waals surface area contributed by atoms with Crippen molar-refractivity contribution >= 4 is 17.6 Å². The summed E-state index contributed by atoms with van der Waals surface area (Å²) in [7, 11) is 0. The average molecular weight is 514 g/mol. The third-order valence-corrected chi connectivity index (χ3v) is 7.92. The SMILES string of the molecule is CC1(CNC(=O)[C@@H]2CCCCOc3cccc(c3)CCC(=O)C[C@@H](CCN3CCOCC3)C(=O)N2)CC1. The number of carbonyl (C=O) groups is 3. The molecule has 8 nitrogen and oxygen atoms in total. The Balaban J connectivity index is 1.45. The number of ketones is 1. The fraction of sp³-hybridized carbons (Fsp3) is 0.690. The van der Waals surface area contributed by atoms with Crippen LogP contribution in [0.25, 0.3) is 0 Å². The smallest absolute Gasteiger partial charge is 0.242 e. The molecule has 0 unspecified atom stereocenters. The second-order valence-corrected chi connectivity index (χ2v) is 11.3. The molecule has 0 spiro atoms. The van der Waals surface area contributed by atoms with Crippen LogP contribution in [-0.4, -0.2) is 74.5 Å². The van der Waals surface area contributed by atoms with Gasteiger partial charge in [0, 0.05) is 38.4 Å². The van der Waals surface area contributed by atoms with Crippen molar-refractivity contribution in [2.24, 2.45) is 11.3 Å². The first kappa shape index (κ1) is 27.6. The summed E-state index contributed by atoms with van der Waals surface area (Å²) in [5.74, 6) is 0.109. The molecule has 8 heteroatoms. The fourth-order valence-corrected chi connectivity index (χ4v) is 4.95. The Bertz CT molecular complexity index is 926. The maximum atomic E-state index is 13.5. The number of ether oxygens (including phenoxy) is 2. The number of rotatable bonds is 6. The summed E-state index contributed by atoms with van der Waals surface area (Å²) in [6.07, 6.45) is 6.12. The minimum atomic E-state index is -0.605. The van der Waals surface area contributed by atoms with Crippen molar-refractivity contribution in [2.45, 2.75) is 70.8 Å². The quantitative estimate of drug-likeness (QED) is 0.607. The number of nitrogens with one attached hydrogen (secondary N) is 2. The van der Waals surface area contributed by atoms with Crippen LogP contribution in [0.3, 0.4) is 0 Å². The van der Waals surface area contributed by atoms with Crippen LogP contribution in [0, 0.1) is 11.3 Å². The van der Waals surface area contributed by atoms with Gasteiger partial charge in [0.05, 0.1) is 19.8 Å². The van der Waals surface area contributed by atoms with Gasteiger partial charge in [0.25, 0.3) is 0 Å². The van der Waals surface area contributed by atoms with Crippen molar-refractivity contribution in [1.29, 1.82) is 0 Å². The number of nitrogens with zero attached hydrogens (tertiary/aromatic N) is 1. The first-order valence-corrected chi connectivity index (χ1v) is 14.0. The zero-order chi connectivity index (χ0) is 26.1. The number of aryl methyl sites for hydroxylation is 1. The molecule has 0 aromatic heterocycles. The Morgan fingerprint density at radius 3 is 2.73 bits per heavy atom. The molecule has 2 heterocycles. The molecule has 2 atom stereocenters. The van der Waals surface area contributed by atoms with Crippen molar-refractivity contribution in [3.63, 3.8) is 0 Å². The van der Waals surface area contributed by atoms with Gasteiger partial charge in [0.1, 0.15) is 17.6 Å². The number of Topliss-reactive ketones (excluding diaryl/α,β-unsaturated/α-hetero) is 1. The lowest BCUT2D eigenvalue weighted by molar-refractivity contribution is -0.133. The van der Waals surface area contributed by atoms with Gasteiger partial charge in [-0.3, -0.25) is 19.3 Å². The van der Waals surface area contributed by atoms with Gasteiger partial charge in [-0.15, -0.1) is 0 Å². The Morgan fingerprint density at radius 1 is 1.14 bits per heavy atom. The topological polar surface area (TPSA) is 97.0 Å². The van der Waals surface area contributed by atoms with Crippen LogP contribution in [0.2, 0.25) is 0 Å². The van der Waals surface area contributed by atoms with Crippen molar-refractivity contribution in [3.8, 4) is 5.75 Å². The second-order valence-electron chi connectivity index (χ2n) is 11.3. The van der Waals surface area contributed by atoms with Gasteiger partial charge in [-0.1, -0.05) is 19.1 Å². The standard InChI is InChI=1S/C29H43N3O5/c1-29(11-12-29)21-30-28(35)26-7-2-3-16-37-25-6-4-5-22(19-25)8-9-24(33)20-23(27(34)31-26)10-13-32-14-17-36-18-15-32/h4-6,19,23,26H,2-3,7-18,20-21H2,1H3,(H,30,35)(H,31,34)/t23-,26+/m1/s1. The molecular weight excluding hydrogens is 470 g/mol. The number of benzene rings is 1. The van der Waals surface area contributed by atoms with Crippen LogP contribution in [-0.2, 0) is 25.5 Å². The fourth-order valence-electron chi connectivity index (χ4n) is 4.95. The van der Waals surface area contributed by atoms with Crippen LogP contribution in [0.4, 0.5) is 0 Å². The summed E-state index contributed by atoms with van der Waals surface area (Å²) in [4.78, 5) is 41.9. The van der Waals surface area contributed by atoms with E-state index in [1.54, 1.807) is 0 Å². The molecule has 37 heavy (non-hydrogen) atoms. The summed E-state index contributed by atoms with van der Waals surface area (Å²) >= 11 is 0. The minimum Gasteiger partial charge on any atom is -0.494 e. The van der Waals surface area contributed by atoms with Crippen molar-refractivity contribution in [3.05, 3.63) is 29.8 Å². The molecule has 1 saturated heterocycles. The van der Waals surface area contributed by atoms with Crippen molar-refractivity contribution in [2.75, 3.05) is 46.0 Å². The van der Waals surface area contributed by atoms with E-state index in [1.165, 1.54) is 0 Å². The highest BCUT2D eigenvalue weighted by atomic mass is 16.5. The molecular formula is C29H43N3O5. The lowest BCUT2D eigenvalue weighted by Crippen LogP contribution is -2.50. The molecule has 204 valence electrons. The highest BCUT2D eigenvalue weighted by Crippen LogP contribution is 2.44. The molecule has 1 aliphatic carbocycles. The van der Waals surface area contributed by atoms with Crippen molar-refractivity contribution in [1.82, 2.24) is 15.5 Å². The summed E-state index contributed by atoms with van der Waals surface area (Å²) in [6.45, 7) is 7.16. The van der Waals surface area contributed by atoms with E-state index in [0.29, 0.717) is 52.0 Å². The molecule has 1 aromatic rings. The third kappa shape index (κ3) is 9.11. The van der Waals surface area contributed by atoms with E-state index < -0.39 is 12.0 Å². The minimum absolute atomic E-state index is 0.0724. The van der Waals surface area contributed by atoms with Gasteiger partial charge >= 0.3 is 0 Å². The molecule has 2 aliphatic heterocycles. The third-order valence-electron chi connectivity index (χ3n) is 7.92. The monoisotopic (exact) mass is 513 g/mol. The van der Waals surface area contributed by atoms with E-state index in [4.69, 9.17) is 9.47 Å². The summed E-state index contributed by atoms with van der Waals surface area (Å²) in [5.41, 5.74) is 1.25. The molecule has 2 amide bonds. The normalized spacial score (nSPS) is 25.5. The predicted octanol–water partition coefficient (Wildman–Crippen LogP) is 2.88. The van der Waals surface area contributed by atoms with Crippen LogP contribution in [0.5, 0.6) is 5.75 Å². The lowest BCUT2D eigenvalue weighted by atomic mass is 9.93. The Kier molecular flexibility index (Phi) is 9.97. The summed E-state index contributed by atoms with van der Waals surface area (Å²) in [5, 5.41) is 6.10. The Hall–Kier alpha value is -2.45. The first-order chi connectivity index (χ1) is 17.9. The zero-order valence-corrected chi connectivity index (χ0v) is 22.3. The number of amides is 2. The average Bonchev–Trinajstić information content (AvgIpc) is 3.65. The van der Waals surface area contributed by atoms with E-state index in [0.717, 1.165) is 56.6 Å². The van der Waals surface area contributed by atoms with E-state index >= 15 is 0 Å². The molecule has 2 fully saturated rings. The predicted molar refractivity (Wildman–Crippen MR) is 141 cm³/mol. The van der Waals surface area contributed by atoms with Gasteiger partial charge < -0.3 is 20.1 Å². The van der Waals surface area contributed by atoms with Crippen LogP contribution < -0.4 is 15.4 Å². The van der Waals surface area contributed by atoms with Crippen LogP contribution >= 0.6 is 0 Å². The maximum Gasteiger partial charge on any atom is 0.242 e. The van der Waals surface area contributed by atoms with Gasteiger partial charge in [-0.2, -0.15) is 0 Å². The number of hydrogen-bond acceptors (Lipinski definition) is 6. The van der Waals surface area contributed by atoms with Crippen LogP contribution in [0.1, 0.15) is 63.9 Å². The lowest BCUT2D eigenvalue weighted by Gasteiger charge is -2.28. The van der Waals surface area contributed by atoms with Gasteiger partial charge in [0.15, 0.2) is 0 Å². The molecule has 3 aliphatic rings. The van der Waals surface area contributed by atoms with E-state index in [2.05, 4.69) is 22.5 Å². The van der Waals surface area contributed by atoms with E-state index in [-0.39, 0.29) is 29.4 Å². The van der Waals surface area contributed by atoms with Gasteiger partial charge in [-0.05, 0) is 74.6 Å².